The van der Waals surface area contributed by atoms with Crippen molar-refractivity contribution in [3.63, 3.8) is 0 Å². The zero-order chi connectivity index (χ0) is 15.8. The van der Waals surface area contributed by atoms with Crippen molar-refractivity contribution in [2.75, 3.05) is 30.8 Å². The van der Waals surface area contributed by atoms with Crippen LogP contribution in [-0.2, 0) is 11.3 Å². The summed E-state index contributed by atoms with van der Waals surface area (Å²) in [6, 6.07) is 0. The highest BCUT2D eigenvalue weighted by atomic mass is 16.5. The van der Waals surface area contributed by atoms with Crippen LogP contribution in [0.25, 0.3) is 0 Å². The van der Waals surface area contributed by atoms with Gasteiger partial charge >= 0.3 is 5.69 Å². The van der Waals surface area contributed by atoms with Crippen molar-refractivity contribution >= 4 is 11.5 Å². The molecule has 0 unspecified atom stereocenters. The zero-order valence-electron chi connectivity index (χ0n) is 13.1. The van der Waals surface area contributed by atoms with Crippen molar-refractivity contribution < 1.29 is 4.74 Å². The van der Waals surface area contributed by atoms with Crippen molar-refractivity contribution in [3.05, 3.63) is 20.8 Å². The summed E-state index contributed by atoms with van der Waals surface area (Å²) in [6.07, 6.45) is 1.76. The van der Waals surface area contributed by atoms with Gasteiger partial charge in [0.2, 0.25) is 0 Å². The molecule has 1 heterocycles. The molecule has 0 bridgehead atoms. The van der Waals surface area contributed by atoms with Crippen LogP contribution in [0.5, 0.6) is 0 Å². The van der Waals surface area contributed by atoms with Gasteiger partial charge in [-0.2, -0.15) is 0 Å². The number of aromatic nitrogens is 2. The van der Waals surface area contributed by atoms with Gasteiger partial charge in [0.15, 0.2) is 0 Å². The molecule has 0 aromatic carbocycles. The molecule has 120 valence electrons. The van der Waals surface area contributed by atoms with Crippen molar-refractivity contribution in [1.82, 2.24) is 9.55 Å². The van der Waals surface area contributed by atoms with Crippen LogP contribution in [0.15, 0.2) is 9.59 Å². The van der Waals surface area contributed by atoms with E-state index in [1.807, 2.05) is 6.92 Å². The maximum absolute atomic E-state index is 11.8. The molecule has 1 rings (SSSR count). The number of anilines is 2. The summed E-state index contributed by atoms with van der Waals surface area (Å²) in [7, 11) is 0. The smallest absolute Gasteiger partial charge is 0.330 e. The number of nitrogen functional groups attached to an aromatic ring is 1. The molecule has 21 heavy (non-hydrogen) atoms. The maximum atomic E-state index is 11.8. The second kappa shape index (κ2) is 8.51. The highest BCUT2D eigenvalue weighted by Crippen LogP contribution is 2.09. The molecular weight excluding hydrogens is 272 g/mol. The van der Waals surface area contributed by atoms with Crippen LogP contribution < -0.4 is 22.3 Å². The summed E-state index contributed by atoms with van der Waals surface area (Å²) < 4.78 is 6.83. The second-order valence-electron chi connectivity index (χ2n) is 5.39. The number of rotatable bonds is 9. The Morgan fingerprint density at radius 1 is 1.33 bits per heavy atom. The van der Waals surface area contributed by atoms with E-state index in [1.54, 1.807) is 0 Å². The van der Waals surface area contributed by atoms with Crippen molar-refractivity contribution in [2.24, 2.45) is 5.92 Å². The van der Waals surface area contributed by atoms with Gasteiger partial charge in [0.05, 0.1) is 6.61 Å². The van der Waals surface area contributed by atoms with Gasteiger partial charge in [-0.15, -0.1) is 0 Å². The van der Waals surface area contributed by atoms with E-state index in [9.17, 15) is 9.59 Å². The molecule has 0 aliphatic heterocycles. The molecule has 0 saturated heterocycles. The number of nitrogens with zero attached hydrogens (tertiary/aromatic N) is 1. The molecule has 1 aromatic rings. The Morgan fingerprint density at radius 3 is 2.67 bits per heavy atom. The Labute approximate surface area is 124 Å². The summed E-state index contributed by atoms with van der Waals surface area (Å²) in [5, 5.41) is 2.94. The van der Waals surface area contributed by atoms with E-state index >= 15 is 0 Å². The topological polar surface area (TPSA) is 102 Å². The fraction of sp³-hybridized carbons (Fsp3) is 0.714. The molecule has 0 aliphatic rings. The number of H-pyrrole nitrogens is 1. The standard InChI is InChI=1S/C14H26N4O3/c1-4-7-18-12(15)11(13(19)17-14(18)20)16-6-9-21-8-5-10(2)3/h10,16H,4-9,15H2,1-3H3,(H,17,19,20). The van der Waals surface area contributed by atoms with E-state index in [0.29, 0.717) is 32.2 Å². The SMILES string of the molecule is CCCn1c(N)c(NCCOCCC(C)C)c(=O)[nH]c1=O. The first kappa shape index (κ1) is 17.3. The van der Waals surface area contributed by atoms with Crippen LogP contribution >= 0.6 is 0 Å². The van der Waals surface area contributed by atoms with Gasteiger partial charge in [-0.1, -0.05) is 20.8 Å². The van der Waals surface area contributed by atoms with E-state index in [-0.39, 0.29) is 11.5 Å². The summed E-state index contributed by atoms with van der Waals surface area (Å²) in [5.41, 5.74) is 5.16. The van der Waals surface area contributed by atoms with Gasteiger partial charge in [-0.25, -0.2) is 4.79 Å². The van der Waals surface area contributed by atoms with Gasteiger partial charge in [-0.05, 0) is 18.8 Å². The Morgan fingerprint density at radius 2 is 2.05 bits per heavy atom. The van der Waals surface area contributed by atoms with Crippen LogP contribution in [0.4, 0.5) is 11.5 Å². The molecule has 0 amide bonds. The van der Waals surface area contributed by atoms with Crippen LogP contribution in [0.2, 0.25) is 0 Å². The molecule has 4 N–H and O–H groups in total. The predicted octanol–water partition coefficient (Wildman–Crippen LogP) is 1.00. The molecule has 0 atom stereocenters. The lowest BCUT2D eigenvalue weighted by molar-refractivity contribution is 0.132. The van der Waals surface area contributed by atoms with Crippen LogP contribution in [0, 0.1) is 5.92 Å². The minimum absolute atomic E-state index is 0.174. The van der Waals surface area contributed by atoms with E-state index in [2.05, 4.69) is 24.1 Å². The molecule has 0 radical (unpaired) electrons. The lowest BCUT2D eigenvalue weighted by Gasteiger charge is -2.13. The van der Waals surface area contributed by atoms with Crippen molar-refractivity contribution in [1.29, 1.82) is 0 Å². The zero-order valence-corrected chi connectivity index (χ0v) is 13.1. The van der Waals surface area contributed by atoms with Gasteiger partial charge in [-0.3, -0.25) is 14.3 Å². The van der Waals surface area contributed by atoms with Gasteiger partial charge in [0.25, 0.3) is 5.56 Å². The number of nitrogens with two attached hydrogens (primary N) is 1. The largest absolute Gasteiger partial charge is 0.383 e. The number of hydrogen-bond acceptors (Lipinski definition) is 5. The fourth-order valence-corrected chi connectivity index (χ4v) is 1.87. The second-order valence-corrected chi connectivity index (χ2v) is 5.39. The Bertz CT molecular complexity index is 548. The molecule has 1 aromatic heterocycles. The van der Waals surface area contributed by atoms with E-state index in [1.165, 1.54) is 4.57 Å². The summed E-state index contributed by atoms with van der Waals surface area (Å²) >= 11 is 0. The molecular formula is C14H26N4O3. The molecule has 7 heteroatoms. The van der Waals surface area contributed by atoms with Crippen LogP contribution in [0.3, 0.4) is 0 Å². The van der Waals surface area contributed by atoms with E-state index in [0.717, 1.165) is 12.8 Å². The monoisotopic (exact) mass is 298 g/mol. The first-order chi connectivity index (χ1) is 9.97. The average molecular weight is 298 g/mol. The molecule has 0 fully saturated rings. The van der Waals surface area contributed by atoms with Crippen LogP contribution in [-0.4, -0.2) is 29.3 Å². The summed E-state index contributed by atoms with van der Waals surface area (Å²) in [4.78, 5) is 25.7. The first-order valence-electron chi connectivity index (χ1n) is 7.41. The third-order valence-corrected chi connectivity index (χ3v) is 3.07. The summed E-state index contributed by atoms with van der Waals surface area (Å²) in [5.74, 6) is 0.779. The molecule has 0 saturated carbocycles. The normalized spacial score (nSPS) is 11.0. The number of ether oxygens (including phenoxy) is 1. The molecule has 0 aliphatic carbocycles. The van der Waals surface area contributed by atoms with Crippen LogP contribution in [0.1, 0.15) is 33.6 Å². The lowest BCUT2D eigenvalue weighted by atomic mass is 10.1. The van der Waals surface area contributed by atoms with Gasteiger partial charge < -0.3 is 15.8 Å². The molecule has 0 spiro atoms. The highest BCUT2D eigenvalue weighted by molar-refractivity contribution is 5.60. The Hall–Kier alpha value is -1.76. The average Bonchev–Trinajstić information content (AvgIpc) is 2.41. The van der Waals surface area contributed by atoms with Crippen molar-refractivity contribution in [2.45, 2.75) is 40.2 Å². The Kier molecular flexibility index (Phi) is 7.01. The first-order valence-corrected chi connectivity index (χ1v) is 7.41. The third kappa shape index (κ3) is 5.26. The summed E-state index contributed by atoms with van der Waals surface area (Å²) in [6.45, 7) is 8.33. The fourth-order valence-electron chi connectivity index (χ4n) is 1.87. The van der Waals surface area contributed by atoms with E-state index < -0.39 is 11.2 Å². The number of hydrogen-bond donors (Lipinski definition) is 3. The molecule has 7 nitrogen and oxygen atoms in total. The maximum Gasteiger partial charge on any atom is 0.330 e. The number of aromatic amines is 1. The minimum atomic E-state index is -0.493. The van der Waals surface area contributed by atoms with Gasteiger partial charge in [0, 0.05) is 19.7 Å². The minimum Gasteiger partial charge on any atom is -0.383 e. The third-order valence-electron chi connectivity index (χ3n) is 3.07. The van der Waals surface area contributed by atoms with Gasteiger partial charge in [0.1, 0.15) is 11.5 Å². The Balaban J connectivity index is 2.61. The number of nitrogens with one attached hydrogen (secondary N) is 2. The van der Waals surface area contributed by atoms with E-state index in [4.69, 9.17) is 10.5 Å². The van der Waals surface area contributed by atoms with Crippen molar-refractivity contribution in [3.8, 4) is 0 Å². The highest BCUT2D eigenvalue weighted by Gasteiger charge is 2.11. The lowest BCUT2D eigenvalue weighted by Crippen LogP contribution is -2.34. The quantitative estimate of drug-likeness (QED) is 0.590. The predicted molar refractivity (Wildman–Crippen MR) is 84.8 cm³/mol.